The van der Waals surface area contributed by atoms with Gasteiger partial charge in [0, 0.05) is 26.3 Å². The van der Waals surface area contributed by atoms with Gasteiger partial charge in [-0.2, -0.15) is 0 Å². The number of nitrogens with one attached hydrogen (secondary N) is 1. The summed E-state index contributed by atoms with van der Waals surface area (Å²) in [6.07, 6.45) is -0.782. The van der Waals surface area contributed by atoms with Crippen molar-refractivity contribution in [2.75, 3.05) is 0 Å². The Labute approximate surface area is 216 Å². The summed E-state index contributed by atoms with van der Waals surface area (Å²) in [6.45, 7) is 8.39. The molecule has 2 aromatic carbocycles. The van der Waals surface area contributed by atoms with Crippen LogP contribution in [-0.2, 0) is 41.6 Å². The number of rotatable bonds is 9. The van der Waals surface area contributed by atoms with E-state index in [1.165, 1.54) is 13.8 Å². The summed E-state index contributed by atoms with van der Waals surface area (Å²) in [5, 5.41) is 2.68. The molecule has 9 heteroatoms. The zero-order chi connectivity index (χ0) is 27.2. The van der Waals surface area contributed by atoms with Crippen molar-refractivity contribution < 1.29 is 38.1 Å². The summed E-state index contributed by atoms with van der Waals surface area (Å²) in [7, 11) is 0. The maximum atomic E-state index is 13.0. The molecule has 1 N–H and O–H groups in total. The van der Waals surface area contributed by atoms with Gasteiger partial charge in [0.15, 0.2) is 5.78 Å². The highest BCUT2D eigenvalue weighted by atomic mass is 16.7. The molecule has 0 aromatic heterocycles. The third-order valence-electron chi connectivity index (χ3n) is 5.31. The molecule has 1 aliphatic rings. The molecule has 2 aromatic rings. The molecular formula is C28H33NO8. The normalized spacial score (nSPS) is 16.2. The van der Waals surface area contributed by atoms with Crippen molar-refractivity contribution in [1.82, 2.24) is 5.32 Å². The Hall–Kier alpha value is -3.88. The van der Waals surface area contributed by atoms with Crippen LogP contribution in [0, 0.1) is 5.92 Å². The number of cyclic esters (lactones) is 2. The van der Waals surface area contributed by atoms with E-state index in [0.717, 1.165) is 11.1 Å². The van der Waals surface area contributed by atoms with Gasteiger partial charge in [-0.15, -0.1) is 0 Å². The van der Waals surface area contributed by atoms with Crippen molar-refractivity contribution in [1.29, 1.82) is 0 Å². The molecule has 0 bridgehead atoms. The lowest BCUT2D eigenvalue weighted by Gasteiger charge is -2.32. The zero-order valence-electron chi connectivity index (χ0n) is 21.7. The van der Waals surface area contributed by atoms with Gasteiger partial charge in [0.1, 0.15) is 18.0 Å². The Morgan fingerprint density at radius 2 is 1.54 bits per heavy atom. The summed E-state index contributed by atoms with van der Waals surface area (Å²) in [6, 6.07) is 16.2. The van der Waals surface area contributed by atoms with Crippen molar-refractivity contribution in [2.45, 2.75) is 71.5 Å². The third-order valence-corrected chi connectivity index (χ3v) is 5.31. The van der Waals surface area contributed by atoms with Crippen molar-refractivity contribution in [3.05, 3.63) is 65.7 Å². The smallest absolute Gasteiger partial charge is 0.407 e. The lowest BCUT2D eigenvalue weighted by atomic mass is 9.94. The van der Waals surface area contributed by atoms with Gasteiger partial charge in [0.2, 0.25) is 5.92 Å². The molecule has 1 atom stereocenters. The summed E-state index contributed by atoms with van der Waals surface area (Å²) in [4.78, 5) is 50.1. The Morgan fingerprint density at radius 3 is 2.11 bits per heavy atom. The molecule has 1 aliphatic heterocycles. The summed E-state index contributed by atoms with van der Waals surface area (Å²) < 4.78 is 21.3. The van der Waals surface area contributed by atoms with E-state index < -0.39 is 47.2 Å². The molecule has 37 heavy (non-hydrogen) atoms. The van der Waals surface area contributed by atoms with E-state index in [9.17, 15) is 19.2 Å². The Bertz CT molecular complexity index is 1100. The van der Waals surface area contributed by atoms with E-state index >= 15 is 0 Å². The lowest BCUT2D eigenvalue weighted by Crippen LogP contribution is -2.50. The van der Waals surface area contributed by atoms with Gasteiger partial charge in [-0.05, 0) is 50.5 Å². The standard InChI is InChI=1S/C28H33NO8/c1-27(2,3)37-26(33)29-20(16-22(30)23-24(31)35-28(4,5)36-25(23)32)15-18-11-13-21(14-12-18)34-17-19-9-7-6-8-10-19/h6-14,20,23H,15-17H2,1-5H3,(H,29,33)/t20-/m0/s1. The monoisotopic (exact) mass is 511 g/mol. The van der Waals surface area contributed by atoms with E-state index in [1.54, 1.807) is 32.9 Å². The maximum absolute atomic E-state index is 13.0. The molecule has 0 saturated carbocycles. The molecule has 0 unspecified atom stereocenters. The van der Waals surface area contributed by atoms with Crippen LogP contribution in [0.4, 0.5) is 4.79 Å². The minimum absolute atomic E-state index is 0.242. The number of hydrogen-bond acceptors (Lipinski definition) is 8. The molecule has 1 saturated heterocycles. The van der Waals surface area contributed by atoms with E-state index in [-0.39, 0.29) is 12.8 Å². The van der Waals surface area contributed by atoms with Gasteiger partial charge in [-0.1, -0.05) is 42.5 Å². The Morgan fingerprint density at radius 1 is 0.946 bits per heavy atom. The van der Waals surface area contributed by atoms with Crippen LogP contribution in [-0.4, -0.2) is 41.2 Å². The second-order valence-electron chi connectivity index (χ2n) is 10.3. The molecule has 3 rings (SSSR count). The third kappa shape index (κ3) is 8.63. The van der Waals surface area contributed by atoms with E-state index in [2.05, 4.69) is 5.32 Å². The topological polar surface area (TPSA) is 117 Å². The molecule has 0 radical (unpaired) electrons. The highest BCUT2D eigenvalue weighted by Crippen LogP contribution is 2.25. The minimum Gasteiger partial charge on any atom is -0.489 e. The number of Topliss-reactive ketones (excluding diaryl/α,β-unsaturated/α-hetero) is 1. The van der Waals surface area contributed by atoms with Crippen LogP contribution in [0.15, 0.2) is 54.6 Å². The van der Waals surface area contributed by atoms with Crippen molar-refractivity contribution in [2.24, 2.45) is 5.92 Å². The zero-order valence-corrected chi connectivity index (χ0v) is 21.7. The largest absolute Gasteiger partial charge is 0.489 e. The van der Waals surface area contributed by atoms with Crippen molar-refractivity contribution in [3.8, 4) is 5.75 Å². The Balaban J connectivity index is 1.69. The molecule has 198 valence electrons. The molecular weight excluding hydrogens is 478 g/mol. The number of amides is 1. The van der Waals surface area contributed by atoms with Crippen LogP contribution in [0.2, 0.25) is 0 Å². The first-order chi connectivity index (χ1) is 17.3. The number of ketones is 1. The average Bonchev–Trinajstić information content (AvgIpc) is 2.76. The van der Waals surface area contributed by atoms with Gasteiger partial charge >= 0.3 is 18.0 Å². The van der Waals surface area contributed by atoms with E-state index in [1.807, 2.05) is 42.5 Å². The van der Waals surface area contributed by atoms with E-state index in [0.29, 0.717) is 12.4 Å². The number of carbonyl (C=O) groups excluding carboxylic acids is 4. The van der Waals surface area contributed by atoms with Crippen LogP contribution in [0.1, 0.15) is 52.2 Å². The second-order valence-corrected chi connectivity index (χ2v) is 10.3. The minimum atomic E-state index is -1.70. The number of ether oxygens (including phenoxy) is 4. The van der Waals surface area contributed by atoms with Crippen LogP contribution < -0.4 is 10.1 Å². The SMILES string of the molecule is CC(C)(C)OC(=O)N[C@H](CC(=O)C1C(=O)OC(C)(C)OC1=O)Cc1ccc(OCc2ccccc2)cc1. The predicted octanol–water partition coefficient (Wildman–Crippen LogP) is 4.11. The molecule has 1 fully saturated rings. The number of hydrogen-bond donors (Lipinski definition) is 1. The summed E-state index contributed by atoms with van der Waals surface area (Å²) in [5.74, 6) is -5.14. The van der Waals surface area contributed by atoms with Crippen LogP contribution in [0.3, 0.4) is 0 Å². The number of carbonyl (C=O) groups is 4. The van der Waals surface area contributed by atoms with E-state index in [4.69, 9.17) is 18.9 Å². The molecule has 0 aliphatic carbocycles. The van der Waals surface area contributed by atoms with Gasteiger partial charge in [0.05, 0.1) is 0 Å². The number of alkyl carbamates (subject to hydrolysis) is 1. The fourth-order valence-corrected chi connectivity index (χ4v) is 3.74. The predicted molar refractivity (Wildman–Crippen MR) is 133 cm³/mol. The van der Waals surface area contributed by atoms with Crippen molar-refractivity contribution >= 4 is 23.8 Å². The number of esters is 2. The second kappa shape index (κ2) is 11.5. The Kier molecular flexibility index (Phi) is 8.57. The molecule has 1 heterocycles. The first kappa shape index (κ1) is 27.7. The molecule has 9 nitrogen and oxygen atoms in total. The summed E-state index contributed by atoms with van der Waals surface area (Å²) in [5.41, 5.74) is 1.09. The highest BCUT2D eigenvalue weighted by Gasteiger charge is 2.47. The van der Waals surface area contributed by atoms with Crippen LogP contribution in [0.5, 0.6) is 5.75 Å². The van der Waals surface area contributed by atoms with Crippen molar-refractivity contribution in [3.63, 3.8) is 0 Å². The van der Waals surface area contributed by atoms with Crippen LogP contribution in [0.25, 0.3) is 0 Å². The first-order valence-electron chi connectivity index (χ1n) is 12.0. The fraction of sp³-hybridized carbons (Fsp3) is 0.429. The summed E-state index contributed by atoms with van der Waals surface area (Å²) >= 11 is 0. The fourth-order valence-electron chi connectivity index (χ4n) is 3.74. The average molecular weight is 512 g/mol. The van der Waals surface area contributed by atoms with Gasteiger partial charge in [-0.3, -0.25) is 14.4 Å². The lowest BCUT2D eigenvalue weighted by molar-refractivity contribution is -0.238. The number of benzene rings is 2. The molecule has 1 amide bonds. The van der Waals surface area contributed by atoms with Crippen LogP contribution >= 0.6 is 0 Å². The maximum Gasteiger partial charge on any atom is 0.407 e. The quantitative estimate of drug-likeness (QED) is 0.395. The van der Waals surface area contributed by atoms with Gasteiger partial charge in [-0.25, -0.2) is 4.79 Å². The first-order valence-corrected chi connectivity index (χ1v) is 12.0. The van der Waals surface area contributed by atoms with Gasteiger partial charge < -0.3 is 24.3 Å². The van der Waals surface area contributed by atoms with Gasteiger partial charge in [0.25, 0.3) is 5.79 Å². The highest BCUT2D eigenvalue weighted by molar-refractivity contribution is 6.16. The molecule has 0 spiro atoms.